The molecule has 2 atom stereocenters. The lowest BCUT2D eigenvalue weighted by Gasteiger charge is -2.25. The van der Waals surface area contributed by atoms with E-state index in [0.717, 1.165) is 25.7 Å². The van der Waals surface area contributed by atoms with E-state index >= 15 is 0 Å². The number of nitrogens with zero attached hydrogens (tertiary/aromatic N) is 1. The van der Waals surface area contributed by atoms with Crippen LogP contribution in [0, 0.1) is 5.92 Å². The first kappa shape index (κ1) is 16.5. The van der Waals surface area contributed by atoms with Gasteiger partial charge in [-0.15, -0.1) is 0 Å². The van der Waals surface area contributed by atoms with Crippen LogP contribution < -0.4 is 5.32 Å². The Morgan fingerprint density at radius 3 is 2.52 bits per heavy atom. The van der Waals surface area contributed by atoms with Crippen LogP contribution in [0.4, 0.5) is 0 Å². The van der Waals surface area contributed by atoms with E-state index < -0.39 is 10.0 Å². The number of nitrogens with one attached hydrogen (secondary N) is 1. The van der Waals surface area contributed by atoms with Gasteiger partial charge in [-0.3, -0.25) is 4.79 Å². The summed E-state index contributed by atoms with van der Waals surface area (Å²) in [5.41, 5.74) is 1.19. The molecule has 3 rings (SSSR count). The summed E-state index contributed by atoms with van der Waals surface area (Å²) in [5.74, 6) is 0.263. The third-order valence-electron chi connectivity index (χ3n) is 4.72. The molecule has 1 aliphatic carbocycles. The molecule has 1 aromatic carbocycles. The maximum absolute atomic E-state index is 12.2. The fourth-order valence-corrected chi connectivity index (χ4v) is 4.69. The Morgan fingerprint density at radius 2 is 1.83 bits per heavy atom. The standard InChI is InChI=1S/C17H24N2O3S/c20-17(16-13-15(16)14-7-3-1-4-8-14)18-9-12-23(21,22)19-10-5-2-6-11-19/h1,3-4,7-8,15-16H,2,5-6,9-13H2,(H,18,20). The second kappa shape index (κ2) is 7.01. The quantitative estimate of drug-likeness (QED) is 0.860. The molecule has 2 fully saturated rings. The second-order valence-corrected chi connectivity index (χ2v) is 8.51. The minimum Gasteiger partial charge on any atom is -0.355 e. The van der Waals surface area contributed by atoms with E-state index in [9.17, 15) is 13.2 Å². The van der Waals surface area contributed by atoms with Crippen molar-refractivity contribution >= 4 is 15.9 Å². The van der Waals surface area contributed by atoms with Gasteiger partial charge in [0, 0.05) is 25.6 Å². The highest BCUT2D eigenvalue weighted by molar-refractivity contribution is 7.89. The molecular formula is C17H24N2O3S. The molecule has 0 aromatic heterocycles. The van der Waals surface area contributed by atoms with Gasteiger partial charge >= 0.3 is 0 Å². The third kappa shape index (κ3) is 4.12. The van der Waals surface area contributed by atoms with Gasteiger partial charge < -0.3 is 5.32 Å². The van der Waals surface area contributed by atoms with Gasteiger partial charge in [0.2, 0.25) is 15.9 Å². The minimum absolute atomic E-state index is 0.00145. The third-order valence-corrected chi connectivity index (χ3v) is 6.59. The zero-order chi connectivity index (χ0) is 16.3. The van der Waals surface area contributed by atoms with Gasteiger partial charge in [-0.05, 0) is 30.7 Å². The molecule has 0 radical (unpaired) electrons. The molecule has 2 aliphatic rings. The highest BCUT2D eigenvalue weighted by Crippen LogP contribution is 2.47. The zero-order valence-electron chi connectivity index (χ0n) is 13.3. The lowest BCUT2D eigenvalue weighted by atomic mass is 10.1. The first-order valence-corrected chi connectivity index (χ1v) is 9.99. The molecule has 2 unspecified atom stereocenters. The molecule has 126 valence electrons. The smallest absolute Gasteiger partial charge is 0.223 e. The van der Waals surface area contributed by atoms with Gasteiger partial charge in [-0.2, -0.15) is 0 Å². The molecule has 0 bridgehead atoms. The Kier molecular flexibility index (Phi) is 5.02. The Morgan fingerprint density at radius 1 is 1.13 bits per heavy atom. The van der Waals surface area contributed by atoms with Crippen LogP contribution in [0.3, 0.4) is 0 Å². The molecule has 6 heteroatoms. The summed E-state index contributed by atoms with van der Waals surface area (Å²) in [6, 6.07) is 10.0. The Hall–Kier alpha value is -1.40. The summed E-state index contributed by atoms with van der Waals surface area (Å²) >= 11 is 0. The van der Waals surface area contributed by atoms with E-state index in [1.165, 1.54) is 5.56 Å². The molecule has 5 nitrogen and oxygen atoms in total. The number of benzene rings is 1. The van der Waals surface area contributed by atoms with Crippen molar-refractivity contribution in [2.24, 2.45) is 5.92 Å². The van der Waals surface area contributed by atoms with Gasteiger partial charge in [-0.1, -0.05) is 36.8 Å². The monoisotopic (exact) mass is 336 g/mol. The second-order valence-electron chi connectivity index (χ2n) is 6.43. The van der Waals surface area contributed by atoms with Crippen molar-refractivity contribution in [2.75, 3.05) is 25.4 Å². The molecule has 1 aliphatic heterocycles. The predicted molar refractivity (Wildman–Crippen MR) is 89.5 cm³/mol. The first-order chi connectivity index (χ1) is 11.1. The maximum atomic E-state index is 12.2. The molecular weight excluding hydrogens is 312 g/mol. The van der Waals surface area contributed by atoms with Crippen molar-refractivity contribution in [3.63, 3.8) is 0 Å². The first-order valence-electron chi connectivity index (χ1n) is 8.38. The topological polar surface area (TPSA) is 66.5 Å². The summed E-state index contributed by atoms with van der Waals surface area (Å²) in [7, 11) is -3.23. The number of amides is 1. The van der Waals surface area contributed by atoms with Crippen LogP contribution in [0.5, 0.6) is 0 Å². The molecule has 1 saturated heterocycles. The van der Waals surface area contributed by atoms with Gasteiger partial charge in [0.05, 0.1) is 5.75 Å². The van der Waals surface area contributed by atoms with E-state index in [1.54, 1.807) is 4.31 Å². The van der Waals surface area contributed by atoms with Gasteiger partial charge in [-0.25, -0.2) is 12.7 Å². The fourth-order valence-electron chi connectivity index (χ4n) is 3.26. The van der Waals surface area contributed by atoms with Crippen molar-refractivity contribution in [3.05, 3.63) is 35.9 Å². The summed E-state index contributed by atoms with van der Waals surface area (Å²) in [6.45, 7) is 1.44. The molecule has 1 N–H and O–H groups in total. The van der Waals surface area contributed by atoms with E-state index in [-0.39, 0.29) is 30.0 Å². The van der Waals surface area contributed by atoms with Crippen LogP contribution in [0.15, 0.2) is 30.3 Å². The van der Waals surface area contributed by atoms with Crippen LogP contribution in [-0.2, 0) is 14.8 Å². The Balaban J connectivity index is 1.43. The van der Waals surface area contributed by atoms with Crippen molar-refractivity contribution in [1.29, 1.82) is 0 Å². The number of carbonyl (C=O) groups is 1. The van der Waals surface area contributed by atoms with Gasteiger partial charge in [0.1, 0.15) is 0 Å². The summed E-state index contributed by atoms with van der Waals surface area (Å²) in [4.78, 5) is 12.1. The Labute approximate surface area is 138 Å². The van der Waals surface area contributed by atoms with Gasteiger partial charge in [0.25, 0.3) is 0 Å². The lowest BCUT2D eigenvalue weighted by molar-refractivity contribution is -0.122. The Bertz CT molecular complexity index is 639. The number of hydrogen-bond acceptors (Lipinski definition) is 3. The SMILES string of the molecule is O=C(NCCS(=O)(=O)N1CCCCC1)C1CC1c1ccccc1. The summed E-state index contributed by atoms with van der Waals surface area (Å²) < 4.78 is 26.0. The maximum Gasteiger partial charge on any atom is 0.223 e. The van der Waals surface area contributed by atoms with Crippen LogP contribution >= 0.6 is 0 Å². The minimum atomic E-state index is -3.23. The van der Waals surface area contributed by atoms with Crippen molar-refractivity contribution in [2.45, 2.75) is 31.6 Å². The van der Waals surface area contributed by atoms with E-state index in [1.807, 2.05) is 30.3 Å². The number of sulfonamides is 1. The molecule has 23 heavy (non-hydrogen) atoms. The molecule has 1 aromatic rings. The molecule has 1 saturated carbocycles. The lowest BCUT2D eigenvalue weighted by Crippen LogP contribution is -2.40. The summed E-state index contributed by atoms with van der Waals surface area (Å²) in [5, 5.41) is 2.79. The van der Waals surface area contributed by atoms with Crippen LogP contribution in [0.1, 0.15) is 37.2 Å². The number of piperidine rings is 1. The van der Waals surface area contributed by atoms with Crippen molar-refractivity contribution < 1.29 is 13.2 Å². The summed E-state index contributed by atoms with van der Waals surface area (Å²) in [6.07, 6.45) is 3.83. The predicted octanol–water partition coefficient (Wildman–Crippen LogP) is 1.72. The number of rotatable bonds is 6. The molecule has 1 heterocycles. The number of carbonyl (C=O) groups excluding carboxylic acids is 1. The van der Waals surface area contributed by atoms with Crippen molar-refractivity contribution in [1.82, 2.24) is 9.62 Å². The molecule has 0 spiro atoms. The van der Waals surface area contributed by atoms with Gasteiger partial charge in [0.15, 0.2) is 0 Å². The average molecular weight is 336 g/mol. The van der Waals surface area contributed by atoms with E-state index in [4.69, 9.17) is 0 Å². The zero-order valence-corrected chi connectivity index (χ0v) is 14.1. The highest BCUT2D eigenvalue weighted by atomic mass is 32.2. The fraction of sp³-hybridized carbons (Fsp3) is 0.588. The number of hydrogen-bond donors (Lipinski definition) is 1. The molecule has 1 amide bonds. The van der Waals surface area contributed by atoms with Crippen LogP contribution in [-0.4, -0.2) is 44.0 Å². The van der Waals surface area contributed by atoms with Crippen LogP contribution in [0.2, 0.25) is 0 Å². The average Bonchev–Trinajstić information content (AvgIpc) is 3.37. The van der Waals surface area contributed by atoms with E-state index in [2.05, 4.69) is 5.32 Å². The van der Waals surface area contributed by atoms with E-state index in [0.29, 0.717) is 13.1 Å². The highest BCUT2D eigenvalue weighted by Gasteiger charge is 2.43. The normalized spacial score (nSPS) is 25.0. The largest absolute Gasteiger partial charge is 0.355 e. The van der Waals surface area contributed by atoms with Crippen LogP contribution in [0.25, 0.3) is 0 Å². The van der Waals surface area contributed by atoms with Crippen molar-refractivity contribution in [3.8, 4) is 0 Å².